The molecule has 0 atom stereocenters. The Balaban J connectivity index is 3.15. The van der Waals surface area contributed by atoms with Crippen molar-refractivity contribution in [2.45, 2.75) is 26.3 Å². The largest absolute Gasteiger partial charge is 0.253 e. The van der Waals surface area contributed by atoms with E-state index in [9.17, 15) is 0 Å². The molecule has 0 saturated heterocycles. The van der Waals surface area contributed by atoms with Crippen LogP contribution in [0.4, 0.5) is 0 Å². The Kier molecular flexibility index (Phi) is 2.83. The van der Waals surface area contributed by atoms with Gasteiger partial charge in [0.25, 0.3) is 0 Å². The number of halogens is 2. The van der Waals surface area contributed by atoms with Crippen LogP contribution in [0, 0.1) is 7.27 Å². The van der Waals surface area contributed by atoms with Gasteiger partial charge in [-0.1, -0.05) is 0 Å². The van der Waals surface area contributed by atoms with Gasteiger partial charge in [0.15, 0.2) is 0 Å². The van der Waals surface area contributed by atoms with Crippen LogP contribution in [0.25, 0.3) is 0 Å². The van der Waals surface area contributed by atoms with E-state index in [-0.39, 0.29) is 5.54 Å². The molecule has 4 heteroatoms. The van der Waals surface area contributed by atoms with E-state index in [1.54, 1.807) is 0 Å². The molecule has 0 radical (unpaired) electrons. The van der Waals surface area contributed by atoms with E-state index in [1.807, 2.05) is 10.9 Å². The van der Waals surface area contributed by atoms with Crippen LogP contribution in [0.2, 0.25) is 0 Å². The van der Waals surface area contributed by atoms with E-state index in [2.05, 4.69) is 71.1 Å². The smallest absolute Gasteiger partial charge is 0.113 e. The van der Waals surface area contributed by atoms with Gasteiger partial charge in [-0.15, -0.1) is 0 Å². The van der Waals surface area contributed by atoms with E-state index in [0.29, 0.717) is 0 Å². The molecule has 1 rings (SSSR count). The van der Waals surface area contributed by atoms with Crippen molar-refractivity contribution in [3.63, 3.8) is 0 Å². The molecule has 0 unspecified atom stereocenters. The molecule has 0 fully saturated rings. The molecule has 0 saturated carbocycles. The highest BCUT2D eigenvalue weighted by Gasteiger charge is 2.17. The number of nitrogens with zero attached hydrogens (tertiary/aromatic N) is 2. The van der Waals surface area contributed by atoms with Crippen LogP contribution in [0.3, 0.4) is 0 Å². The fraction of sp³-hybridized carbons (Fsp3) is 0.571. The number of aromatic nitrogens is 2. The summed E-state index contributed by atoms with van der Waals surface area (Å²) >= 11 is 4.61. The minimum atomic E-state index is 0.0972. The monoisotopic (exact) mass is 376 g/mol. The van der Waals surface area contributed by atoms with E-state index in [1.165, 1.54) is 7.27 Å². The first-order chi connectivity index (χ1) is 4.93. The highest BCUT2D eigenvalue weighted by atomic mass is 127. The SMILES string of the molecule is CC(C)(C)n1ncc(I)c1I. The van der Waals surface area contributed by atoms with E-state index >= 15 is 0 Å². The summed E-state index contributed by atoms with van der Waals surface area (Å²) in [6.07, 6.45) is 1.90. The molecule has 2 nitrogen and oxygen atoms in total. The van der Waals surface area contributed by atoms with Gasteiger partial charge in [0.1, 0.15) is 3.70 Å². The molecule has 11 heavy (non-hydrogen) atoms. The molecular formula is C7H10I2N2. The molecule has 0 spiro atoms. The normalized spacial score (nSPS) is 12.1. The van der Waals surface area contributed by atoms with Gasteiger partial charge in [-0.2, -0.15) is 5.10 Å². The van der Waals surface area contributed by atoms with Crippen molar-refractivity contribution in [2.24, 2.45) is 0 Å². The topological polar surface area (TPSA) is 17.8 Å². The Morgan fingerprint density at radius 2 is 1.91 bits per heavy atom. The second-order valence-corrected chi connectivity index (χ2v) is 5.55. The lowest BCUT2D eigenvalue weighted by Crippen LogP contribution is -2.24. The molecule has 1 aromatic rings. The number of rotatable bonds is 0. The van der Waals surface area contributed by atoms with Crippen LogP contribution in [-0.2, 0) is 5.54 Å². The zero-order valence-corrected chi connectivity index (χ0v) is 11.0. The fourth-order valence-corrected chi connectivity index (χ4v) is 2.12. The second kappa shape index (κ2) is 3.20. The van der Waals surface area contributed by atoms with E-state index in [0.717, 1.165) is 0 Å². The minimum absolute atomic E-state index is 0.0972. The molecule has 0 N–H and O–H groups in total. The van der Waals surface area contributed by atoms with Gasteiger partial charge in [-0.05, 0) is 66.0 Å². The Morgan fingerprint density at radius 3 is 2.09 bits per heavy atom. The molecule has 1 heterocycles. The predicted molar refractivity (Wildman–Crippen MR) is 62.7 cm³/mol. The average Bonchev–Trinajstić information content (AvgIpc) is 2.11. The third-order valence-electron chi connectivity index (χ3n) is 1.30. The molecule has 62 valence electrons. The molecule has 0 aliphatic heterocycles. The Labute approximate surface area is 94.0 Å². The third kappa shape index (κ3) is 2.07. The Morgan fingerprint density at radius 1 is 1.36 bits per heavy atom. The van der Waals surface area contributed by atoms with E-state index in [4.69, 9.17) is 0 Å². The van der Waals surface area contributed by atoms with Crippen molar-refractivity contribution in [1.29, 1.82) is 0 Å². The first kappa shape index (κ1) is 9.76. The summed E-state index contributed by atoms with van der Waals surface area (Å²) in [6.45, 7) is 6.45. The lowest BCUT2D eigenvalue weighted by atomic mass is 10.1. The summed E-state index contributed by atoms with van der Waals surface area (Å²) < 4.78 is 4.48. The quantitative estimate of drug-likeness (QED) is 0.637. The molecule has 0 aromatic carbocycles. The van der Waals surface area contributed by atoms with Crippen molar-refractivity contribution in [2.75, 3.05) is 0 Å². The van der Waals surface area contributed by atoms with Crippen molar-refractivity contribution >= 4 is 45.2 Å². The maximum Gasteiger partial charge on any atom is 0.113 e. The van der Waals surface area contributed by atoms with Gasteiger partial charge in [0.05, 0.1) is 15.3 Å². The van der Waals surface area contributed by atoms with Crippen LogP contribution in [0.5, 0.6) is 0 Å². The predicted octanol–water partition coefficient (Wildman–Crippen LogP) is 2.85. The zero-order chi connectivity index (χ0) is 8.65. The standard InChI is InChI=1S/C7H10I2N2/c1-7(2,3)11-6(9)5(8)4-10-11/h4H,1-3H3. The first-order valence-corrected chi connectivity index (χ1v) is 5.48. The van der Waals surface area contributed by atoms with Gasteiger partial charge in [0, 0.05) is 0 Å². The summed E-state index contributed by atoms with van der Waals surface area (Å²) in [5.41, 5.74) is 0.0972. The highest BCUT2D eigenvalue weighted by Crippen LogP contribution is 2.21. The minimum Gasteiger partial charge on any atom is -0.253 e. The van der Waals surface area contributed by atoms with Gasteiger partial charge in [-0.25, -0.2) is 0 Å². The van der Waals surface area contributed by atoms with Crippen LogP contribution in [0.1, 0.15) is 20.8 Å². The Hall–Kier alpha value is 0.670. The lowest BCUT2D eigenvalue weighted by molar-refractivity contribution is 0.347. The summed E-state index contributed by atoms with van der Waals surface area (Å²) in [5.74, 6) is 0. The van der Waals surface area contributed by atoms with Crippen LogP contribution < -0.4 is 0 Å². The summed E-state index contributed by atoms with van der Waals surface area (Å²) in [6, 6.07) is 0. The van der Waals surface area contributed by atoms with Crippen molar-refractivity contribution in [3.05, 3.63) is 13.5 Å². The fourth-order valence-electron chi connectivity index (χ4n) is 0.781. The molecule has 0 bridgehead atoms. The zero-order valence-electron chi connectivity index (χ0n) is 6.73. The second-order valence-electron chi connectivity index (χ2n) is 3.37. The van der Waals surface area contributed by atoms with Crippen molar-refractivity contribution < 1.29 is 0 Å². The van der Waals surface area contributed by atoms with Gasteiger partial charge < -0.3 is 0 Å². The molecule has 1 aromatic heterocycles. The van der Waals surface area contributed by atoms with Gasteiger partial charge >= 0.3 is 0 Å². The van der Waals surface area contributed by atoms with Crippen molar-refractivity contribution in [1.82, 2.24) is 9.78 Å². The third-order valence-corrected chi connectivity index (χ3v) is 4.16. The van der Waals surface area contributed by atoms with Crippen LogP contribution in [0.15, 0.2) is 6.20 Å². The van der Waals surface area contributed by atoms with Crippen LogP contribution >= 0.6 is 45.2 Å². The highest BCUT2D eigenvalue weighted by molar-refractivity contribution is 14.1. The van der Waals surface area contributed by atoms with Crippen LogP contribution in [-0.4, -0.2) is 9.78 Å². The molecule has 0 aliphatic rings. The Bertz CT molecular complexity index is 260. The average molecular weight is 376 g/mol. The summed E-state index contributed by atoms with van der Waals surface area (Å²) in [5, 5.41) is 4.29. The maximum atomic E-state index is 4.29. The van der Waals surface area contributed by atoms with Gasteiger partial charge in [0.2, 0.25) is 0 Å². The molecule has 0 amide bonds. The number of hydrogen-bond acceptors (Lipinski definition) is 1. The van der Waals surface area contributed by atoms with E-state index < -0.39 is 0 Å². The van der Waals surface area contributed by atoms with Gasteiger partial charge in [-0.3, -0.25) is 4.68 Å². The number of hydrogen-bond donors (Lipinski definition) is 0. The lowest BCUT2D eigenvalue weighted by Gasteiger charge is -2.20. The molecule has 0 aliphatic carbocycles. The van der Waals surface area contributed by atoms with Crippen molar-refractivity contribution in [3.8, 4) is 0 Å². The molecular weight excluding hydrogens is 366 g/mol. The summed E-state index contributed by atoms with van der Waals surface area (Å²) in [7, 11) is 0. The first-order valence-electron chi connectivity index (χ1n) is 3.32. The summed E-state index contributed by atoms with van der Waals surface area (Å²) in [4.78, 5) is 0. The maximum absolute atomic E-state index is 4.29.